The molecule has 1 aliphatic heterocycles. The van der Waals surface area contributed by atoms with E-state index >= 15 is 0 Å². The summed E-state index contributed by atoms with van der Waals surface area (Å²) >= 11 is 6.18. The number of nitrogens with one attached hydrogen (secondary N) is 2. The summed E-state index contributed by atoms with van der Waals surface area (Å²) in [6.07, 6.45) is -4.86. The molecule has 0 aromatic heterocycles. The van der Waals surface area contributed by atoms with Gasteiger partial charge in [0.1, 0.15) is 24.1 Å². The van der Waals surface area contributed by atoms with Gasteiger partial charge in [-0.2, -0.15) is 0 Å². The molecule has 3 rings (SSSR count). The zero-order valence-corrected chi connectivity index (χ0v) is 19.5. The van der Waals surface area contributed by atoms with Crippen LogP contribution in [0.3, 0.4) is 0 Å². The van der Waals surface area contributed by atoms with E-state index in [1.165, 1.54) is 12.1 Å². The molecule has 33 heavy (non-hydrogen) atoms. The molecule has 0 unspecified atom stereocenters. The summed E-state index contributed by atoms with van der Waals surface area (Å²) in [5.41, 5.74) is 2.57. The Morgan fingerprint density at radius 3 is 2.58 bits per heavy atom. The first kappa shape index (κ1) is 25.0. The zero-order chi connectivity index (χ0) is 24.3. The molecule has 0 saturated carbocycles. The third-order valence-corrected chi connectivity index (χ3v) is 5.75. The molecule has 2 amide bonds. The second-order valence-corrected chi connectivity index (χ2v) is 8.94. The summed E-state index contributed by atoms with van der Waals surface area (Å²) in [6.45, 7) is 9.19. The molecule has 0 spiro atoms. The number of halogens is 1. The number of amides is 2. The minimum absolute atomic E-state index is 0.137. The van der Waals surface area contributed by atoms with Crippen molar-refractivity contribution < 1.29 is 29.6 Å². The van der Waals surface area contributed by atoms with E-state index in [0.717, 1.165) is 16.7 Å². The van der Waals surface area contributed by atoms with E-state index in [9.17, 15) is 20.1 Å². The molecule has 0 bridgehead atoms. The average molecular weight is 477 g/mol. The maximum absolute atomic E-state index is 12.7. The van der Waals surface area contributed by atoms with E-state index in [1.54, 1.807) is 6.07 Å². The van der Waals surface area contributed by atoms with Gasteiger partial charge < -0.3 is 35.4 Å². The van der Waals surface area contributed by atoms with Crippen LogP contribution in [0.2, 0.25) is 5.02 Å². The molecule has 2 aromatic carbocycles. The van der Waals surface area contributed by atoms with Gasteiger partial charge in [-0.15, -0.1) is 0 Å². The lowest BCUT2D eigenvalue weighted by molar-refractivity contribution is -0.116. The summed E-state index contributed by atoms with van der Waals surface area (Å²) in [6, 6.07) is 12.0. The van der Waals surface area contributed by atoms with Gasteiger partial charge in [0.15, 0.2) is 0 Å². The number of rotatable bonds is 7. The minimum Gasteiger partial charge on any atom is -0.460 e. The Kier molecular flexibility index (Phi) is 7.66. The molecule has 0 aliphatic carbocycles. The second kappa shape index (κ2) is 10.1. The predicted molar refractivity (Wildman–Crippen MR) is 126 cm³/mol. The Balaban J connectivity index is 1.69. The van der Waals surface area contributed by atoms with Crippen LogP contribution in [0.5, 0.6) is 5.75 Å². The highest BCUT2D eigenvalue weighted by molar-refractivity contribution is 6.32. The maximum atomic E-state index is 12.7. The number of allylic oxidation sites excluding steroid dienone is 1. The number of urea groups is 1. The molecule has 1 fully saturated rings. The quantitative estimate of drug-likeness (QED) is 0.418. The van der Waals surface area contributed by atoms with Crippen molar-refractivity contribution in [3.05, 3.63) is 65.2 Å². The molecule has 5 N–H and O–H groups in total. The topological polar surface area (TPSA) is 120 Å². The van der Waals surface area contributed by atoms with Crippen molar-refractivity contribution >= 4 is 28.9 Å². The van der Waals surface area contributed by atoms with Crippen LogP contribution in [0.25, 0.3) is 5.57 Å². The van der Waals surface area contributed by atoms with Crippen molar-refractivity contribution in [3.63, 3.8) is 0 Å². The fourth-order valence-electron chi connectivity index (χ4n) is 3.45. The van der Waals surface area contributed by atoms with Crippen LogP contribution in [-0.2, 0) is 10.3 Å². The Hall–Kier alpha value is -2.62. The first-order chi connectivity index (χ1) is 15.5. The van der Waals surface area contributed by atoms with Gasteiger partial charge >= 0.3 is 6.03 Å². The highest BCUT2D eigenvalue weighted by atomic mass is 35.5. The van der Waals surface area contributed by atoms with E-state index in [-0.39, 0.29) is 10.8 Å². The first-order valence-electron chi connectivity index (χ1n) is 10.5. The number of aliphatic hydroxyl groups excluding tert-OH is 3. The van der Waals surface area contributed by atoms with Crippen molar-refractivity contribution in [3.8, 4) is 5.75 Å². The molecule has 1 heterocycles. The lowest BCUT2D eigenvalue weighted by atomic mass is 9.92. The molecule has 1 saturated heterocycles. The number of carbonyl (C=O) groups is 1. The van der Waals surface area contributed by atoms with Crippen molar-refractivity contribution in [2.75, 3.05) is 11.9 Å². The molecule has 0 radical (unpaired) electrons. The summed E-state index contributed by atoms with van der Waals surface area (Å²) in [7, 11) is 0. The zero-order valence-electron chi connectivity index (χ0n) is 18.7. The monoisotopic (exact) mass is 476 g/mol. The van der Waals surface area contributed by atoms with Gasteiger partial charge in [-0.3, -0.25) is 0 Å². The van der Waals surface area contributed by atoms with Crippen molar-refractivity contribution in [1.82, 2.24) is 5.32 Å². The van der Waals surface area contributed by atoms with Crippen molar-refractivity contribution in [2.24, 2.45) is 0 Å². The van der Waals surface area contributed by atoms with Crippen molar-refractivity contribution in [2.45, 2.75) is 50.9 Å². The lowest BCUT2D eigenvalue weighted by Crippen LogP contribution is -2.43. The molecule has 2 aromatic rings. The number of aliphatic hydroxyl groups is 3. The maximum Gasteiger partial charge on any atom is 0.319 e. The van der Waals surface area contributed by atoms with Gasteiger partial charge in [-0.05, 0) is 50.1 Å². The Morgan fingerprint density at radius 2 is 1.94 bits per heavy atom. The Labute approximate surface area is 197 Å². The van der Waals surface area contributed by atoms with Crippen LogP contribution in [0.1, 0.15) is 31.9 Å². The van der Waals surface area contributed by atoms with Crippen LogP contribution in [0.4, 0.5) is 10.5 Å². The van der Waals surface area contributed by atoms with Gasteiger partial charge in [0.25, 0.3) is 0 Å². The van der Waals surface area contributed by atoms with Gasteiger partial charge in [-0.1, -0.05) is 42.0 Å². The van der Waals surface area contributed by atoms with E-state index in [0.29, 0.717) is 5.69 Å². The van der Waals surface area contributed by atoms with Gasteiger partial charge in [-0.25, -0.2) is 4.79 Å². The Bertz CT molecular complexity index is 1030. The van der Waals surface area contributed by atoms with E-state index in [4.69, 9.17) is 21.1 Å². The molecular formula is C24H29ClN2O6. The number of carbonyl (C=O) groups excluding carboxylic acids is 1. The summed E-state index contributed by atoms with van der Waals surface area (Å²) in [5, 5.41) is 35.1. The fraction of sp³-hybridized carbons (Fsp3) is 0.375. The minimum atomic E-state index is -1.37. The molecule has 1 aliphatic rings. The first-order valence-corrected chi connectivity index (χ1v) is 10.8. The highest BCUT2D eigenvalue weighted by Gasteiger charge is 2.44. The number of ether oxygens (including phenoxy) is 2. The van der Waals surface area contributed by atoms with E-state index in [2.05, 4.69) is 17.2 Å². The largest absolute Gasteiger partial charge is 0.460 e. The average Bonchev–Trinajstić information content (AvgIpc) is 3.03. The van der Waals surface area contributed by atoms with Gasteiger partial charge in [0.2, 0.25) is 6.29 Å². The summed E-state index contributed by atoms with van der Waals surface area (Å²) < 4.78 is 10.9. The fourth-order valence-corrected chi connectivity index (χ4v) is 3.61. The molecule has 9 heteroatoms. The summed E-state index contributed by atoms with van der Waals surface area (Å²) in [4.78, 5) is 12.7. The highest BCUT2D eigenvalue weighted by Crippen LogP contribution is 2.32. The van der Waals surface area contributed by atoms with Crippen LogP contribution >= 0.6 is 11.6 Å². The van der Waals surface area contributed by atoms with Crippen LogP contribution in [0, 0.1) is 0 Å². The van der Waals surface area contributed by atoms with Crippen LogP contribution in [-0.4, -0.2) is 52.6 Å². The van der Waals surface area contributed by atoms with E-state index < -0.39 is 42.8 Å². The molecule has 8 nitrogen and oxygen atoms in total. The number of benzene rings is 2. The SMILES string of the molecule is C=C(C)c1cccc(C(C)(C)NC(=O)Nc2ccc(Cl)c(O[C@H]3O[C@H](CO)[C@@H](O)[C@H]3O)c2)c1. The van der Waals surface area contributed by atoms with Crippen LogP contribution in [0.15, 0.2) is 49.0 Å². The van der Waals surface area contributed by atoms with Gasteiger partial charge in [0, 0.05) is 11.8 Å². The second-order valence-electron chi connectivity index (χ2n) is 8.53. The predicted octanol–water partition coefficient (Wildman–Crippen LogP) is 3.25. The Morgan fingerprint density at radius 1 is 1.21 bits per heavy atom. The lowest BCUT2D eigenvalue weighted by Gasteiger charge is -2.27. The number of hydrogen-bond donors (Lipinski definition) is 5. The van der Waals surface area contributed by atoms with Crippen LogP contribution < -0.4 is 15.4 Å². The normalized spacial score (nSPS) is 22.6. The standard InChI is InChI=1S/C24H29ClN2O6/c1-13(2)14-6-5-7-15(10-14)24(3,4)27-23(31)26-16-8-9-17(25)18(11-16)32-22-21(30)20(29)19(12-28)33-22/h5-11,19-22,28-30H,1,12H2,2-4H3,(H2,26,27,31)/t19-,20-,21-,22+/m1/s1. The molecule has 178 valence electrons. The third kappa shape index (κ3) is 5.85. The van der Waals surface area contributed by atoms with Crippen molar-refractivity contribution in [1.29, 1.82) is 0 Å². The molecular weight excluding hydrogens is 448 g/mol. The smallest absolute Gasteiger partial charge is 0.319 e. The molecule has 4 atom stereocenters. The number of anilines is 1. The van der Waals surface area contributed by atoms with Gasteiger partial charge in [0.05, 0.1) is 17.2 Å². The number of hydrogen-bond acceptors (Lipinski definition) is 6. The summed E-state index contributed by atoms with van der Waals surface area (Å²) in [5.74, 6) is 0.137. The van der Waals surface area contributed by atoms with E-state index in [1.807, 2.05) is 45.0 Å². The third-order valence-electron chi connectivity index (χ3n) is 5.43.